The second-order valence-corrected chi connectivity index (χ2v) is 6.17. The Bertz CT molecular complexity index is 1080. The van der Waals surface area contributed by atoms with Gasteiger partial charge < -0.3 is 15.4 Å². The molecule has 3 aromatic rings. The molecule has 0 spiro atoms. The molecule has 0 unspecified atom stereocenters. The third kappa shape index (κ3) is 4.65. The van der Waals surface area contributed by atoms with Gasteiger partial charge in [-0.05, 0) is 42.8 Å². The fourth-order valence-electron chi connectivity index (χ4n) is 2.65. The van der Waals surface area contributed by atoms with Crippen molar-refractivity contribution in [3.05, 3.63) is 89.2 Å². The Kier molecular flexibility index (Phi) is 5.99. The number of amides is 2. The highest BCUT2D eigenvalue weighted by Crippen LogP contribution is 2.18. The molecular weight excluding hydrogens is 370 g/mol. The molecule has 0 bridgehead atoms. The monoisotopic (exact) mass is 389 g/mol. The average Bonchev–Trinajstić information content (AvgIpc) is 2.75. The largest absolute Gasteiger partial charge is 0.465 e. The van der Waals surface area contributed by atoms with E-state index in [-0.39, 0.29) is 17.0 Å². The first-order chi connectivity index (χ1) is 14.0. The second-order valence-electron chi connectivity index (χ2n) is 6.17. The van der Waals surface area contributed by atoms with Gasteiger partial charge in [0.2, 0.25) is 0 Å². The molecule has 0 saturated heterocycles. The molecule has 0 aliphatic rings. The number of aromatic nitrogens is 1. The van der Waals surface area contributed by atoms with Crippen LogP contribution in [-0.4, -0.2) is 29.9 Å². The Morgan fingerprint density at radius 2 is 1.31 bits per heavy atom. The first-order valence-electron chi connectivity index (χ1n) is 8.82. The number of rotatable bonds is 5. The first kappa shape index (κ1) is 19.8. The highest BCUT2D eigenvalue weighted by atomic mass is 16.5. The van der Waals surface area contributed by atoms with Crippen molar-refractivity contribution in [1.82, 2.24) is 4.98 Å². The summed E-state index contributed by atoms with van der Waals surface area (Å²) in [5, 5.41) is 5.41. The zero-order valence-electron chi connectivity index (χ0n) is 15.9. The standard InChI is InChI=1S/C22H19N3O4/c1-14-8-3-5-10-16(14)24-20(26)18-12-7-13-19(23-18)21(27)25-17-11-6-4-9-15(17)22(28)29-2/h3-13H,1-2H3,(H,24,26)(H,25,27). The summed E-state index contributed by atoms with van der Waals surface area (Å²) in [4.78, 5) is 41.1. The Hall–Kier alpha value is -4.00. The van der Waals surface area contributed by atoms with Crippen molar-refractivity contribution >= 4 is 29.2 Å². The van der Waals surface area contributed by atoms with E-state index in [9.17, 15) is 14.4 Å². The van der Waals surface area contributed by atoms with E-state index in [4.69, 9.17) is 4.74 Å². The van der Waals surface area contributed by atoms with Crippen molar-refractivity contribution in [2.45, 2.75) is 6.92 Å². The number of pyridine rings is 1. The van der Waals surface area contributed by atoms with E-state index in [2.05, 4.69) is 15.6 Å². The summed E-state index contributed by atoms with van der Waals surface area (Å²) in [6, 6.07) is 18.4. The summed E-state index contributed by atoms with van der Waals surface area (Å²) < 4.78 is 4.72. The molecule has 0 fully saturated rings. The topological polar surface area (TPSA) is 97.4 Å². The first-order valence-corrected chi connectivity index (χ1v) is 8.82. The van der Waals surface area contributed by atoms with E-state index in [1.54, 1.807) is 36.4 Å². The van der Waals surface area contributed by atoms with Crippen LogP contribution >= 0.6 is 0 Å². The minimum absolute atomic E-state index is 0.0436. The predicted molar refractivity (Wildman–Crippen MR) is 109 cm³/mol. The number of benzene rings is 2. The maximum atomic E-state index is 12.6. The molecule has 2 aromatic carbocycles. The molecule has 0 aliphatic heterocycles. The molecule has 2 N–H and O–H groups in total. The molecule has 0 radical (unpaired) electrons. The van der Waals surface area contributed by atoms with Gasteiger partial charge in [-0.1, -0.05) is 36.4 Å². The van der Waals surface area contributed by atoms with Crippen LogP contribution in [0.1, 0.15) is 36.9 Å². The number of carbonyl (C=O) groups excluding carboxylic acids is 3. The van der Waals surface area contributed by atoms with E-state index >= 15 is 0 Å². The lowest BCUT2D eigenvalue weighted by Crippen LogP contribution is -2.19. The van der Waals surface area contributed by atoms with Crippen LogP contribution in [0, 0.1) is 6.92 Å². The van der Waals surface area contributed by atoms with Crippen molar-refractivity contribution in [3.8, 4) is 0 Å². The number of carbonyl (C=O) groups is 3. The van der Waals surface area contributed by atoms with Crippen LogP contribution in [0.5, 0.6) is 0 Å². The van der Waals surface area contributed by atoms with Gasteiger partial charge in [-0.2, -0.15) is 0 Å². The van der Waals surface area contributed by atoms with Crippen molar-refractivity contribution in [3.63, 3.8) is 0 Å². The van der Waals surface area contributed by atoms with Gasteiger partial charge in [0.05, 0.1) is 18.4 Å². The maximum Gasteiger partial charge on any atom is 0.339 e. The SMILES string of the molecule is COC(=O)c1ccccc1NC(=O)c1cccc(C(=O)Nc2ccccc2C)n1. The predicted octanol–water partition coefficient (Wildman–Crippen LogP) is 3.68. The van der Waals surface area contributed by atoms with E-state index in [1.165, 1.54) is 19.2 Å². The van der Waals surface area contributed by atoms with E-state index in [1.807, 2.05) is 25.1 Å². The van der Waals surface area contributed by atoms with Crippen molar-refractivity contribution in [2.75, 3.05) is 17.7 Å². The van der Waals surface area contributed by atoms with E-state index in [0.717, 1.165) is 5.56 Å². The third-order valence-corrected chi connectivity index (χ3v) is 4.19. The molecule has 1 heterocycles. The zero-order chi connectivity index (χ0) is 20.8. The lowest BCUT2D eigenvalue weighted by atomic mass is 10.1. The van der Waals surface area contributed by atoms with Crippen molar-refractivity contribution in [2.24, 2.45) is 0 Å². The van der Waals surface area contributed by atoms with E-state index < -0.39 is 17.8 Å². The molecule has 7 heteroatoms. The number of anilines is 2. The fraction of sp³-hybridized carbons (Fsp3) is 0.0909. The average molecular weight is 389 g/mol. The molecule has 0 aliphatic carbocycles. The third-order valence-electron chi connectivity index (χ3n) is 4.19. The summed E-state index contributed by atoms with van der Waals surface area (Å²) in [6.07, 6.45) is 0. The Balaban J connectivity index is 1.79. The lowest BCUT2D eigenvalue weighted by Gasteiger charge is -2.10. The van der Waals surface area contributed by atoms with Crippen LogP contribution in [0.15, 0.2) is 66.7 Å². The Morgan fingerprint density at radius 3 is 1.93 bits per heavy atom. The highest BCUT2D eigenvalue weighted by Gasteiger charge is 2.17. The van der Waals surface area contributed by atoms with Crippen LogP contribution in [0.2, 0.25) is 0 Å². The van der Waals surface area contributed by atoms with Gasteiger partial charge >= 0.3 is 5.97 Å². The minimum Gasteiger partial charge on any atom is -0.465 e. The van der Waals surface area contributed by atoms with Crippen LogP contribution in [-0.2, 0) is 4.74 Å². The summed E-state index contributed by atoms with van der Waals surface area (Å²) in [7, 11) is 1.26. The quantitative estimate of drug-likeness (QED) is 0.649. The van der Waals surface area contributed by atoms with Crippen LogP contribution < -0.4 is 10.6 Å². The summed E-state index contributed by atoms with van der Waals surface area (Å²) in [6.45, 7) is 1.88. The van der Waals surface area contributed by atoms with Gasteiger partial charge in [-0.3, -0.25) is 9.59 Å². The molecular formula is C22H19N3O4. The molecule has 146 valence electrons. The number of para-hydroxylation sites is 2. The van der Waals surface area contributed by atoms with Gasteiger partial charge in [-0.15, -0.1) is 0 Å². The Labute approximate surface area is 167 Å². The van der Waals surface area contributed by atoms with Gasteiger partial charge in [-0.25, -0.2) is 9.78 Å². The smallest absolute Gasteiger partial charge is 0.339 e. The number of methoxy groups -OCH3 is 1. The van der Waals surface area contributed by atoms with Crippen molar-refractivity contribution < 1.29 is 19.1 Å². The fourth-order valence-corrected chi connectivity index (χ4v) is 2.65. The number of aryl methyl sites for hydroxylation is 1. The van der Waals surface area contributed by atoms with Crippen LogP contribution in [0.4, 0.5) is 11.4 Å². The number of nitrogens with zero attached hydrogens (tertiary/aromatic N) is 1. The molecule has 2 amide bonds. The summed E-state index contributed by atoms with van der Waals surface area (Å²) in [5.41, 5.74) is 2.23. The minimum atomic E-state index is -0.569. The van der Waals surface area contributed by atoms with Gasteiger partial charge in [0.15, 0.2) is 0 Å². The molecule has 29 heavy (non-hydrogen) atoms. The Morgan fingerprint density at radius 1 is 0.759 bits per heavy atom. The number of ether oxygens (including phenoxy) is 1. The van der Waals surface area contributed by atoms with Gasteiger partial charge in [0, 0.05) is 5.69 Å². The molecule has 3 rings (SSSR count). The molecule has 1 aromatic heterocycles. The zero-order valence-corrected chi connectivity index (χ0v) is 15.9. The lowest BCUT2D eigenvalue weighted by molar-refractivity contribution is 0.0601. The van der Waals surface area contributed by atoms with Crippen molar-refractivity contribution in [1.29, 1.82) is 0 Å². The van der Waals surface area contributed by atoms with Gasteiger partial charge in [0.25, 0.3) is 11.8 Å². The normalized spacial score (nSPS) is 10.1. The van der Waals surface area contributed by atoms with Crippen LogP contribution in [0.25, 0.3) is 0 Å². The van der Waals surface area contributed by atoms with Gasteiger partial charge in [0.1, 0.15) is 11.4 Å². The molecule has 0 saturated carbocycles. The van der Waals surface area contributed by atoms with Crippen LogP contribution in [0.3, 0.4) is 0 Å². The molecule has 7 nitrogen and oxygen atoms in total. The summed E-state index contributed by atoms with van der Waals surface area (Å²) in [5.74, 6) is -1.55. The second kappa shape index (κ2) is 8.79. The number of esters is 1. The summed E-state index contributed by atoms with van der Waals surface area (Å²) >= 11 is 0. The number of nitrogens with one attached hydrogen (secondary N) is 2. The number of hydrogen-bond donors (Lipinski definition) is 2. The maximum absolute atomic E-state index is 12.6. The molecule has 0 atom stereocenters. The van der Waals surface area contributed by atoms with E-state index in [0.29, 0.717) is 11.4 Å². The number of hydrogen-bond acceptors (Lipinski definition) is 5. The highest BCUT2D eigenvalue weighted by molar-refractivity contribution is 6.08.